The van der Waals surface area contributed by atoms with E-state index in [0.29, 0.717) is 0 Å². The van der Waals surface area contributed by atoms with Gasteiger partial charge in [0.1, 0.15) is 0 Å². The van der Waals surface area contributed by atoms with Crippen molar-refractivity contribution in [3.63, 3.8) is 0 Å². The van der Waals surface area contributed by atoms with Crippen LogP contribution in [-0.2, 0) is 64.3 Å². The standard InChI is InChI=1S/2C10H16As2.2C6H12O2S.Tc/c2*1-11(2)9-7-5-6-8-10(9)12(3)4;2*9-5-2-6-7-3-1-4-8-6;/h2*5-8H,1-4H3;2*6,9H,1-5H2;/p-2/i;;;;1+1. The normalized spacial score (nSPS) is 15.6. The van der Waals surface area contributed by atoms with E-state index in [1.54, 1.807) is 17.4 Å². The van der Waals surface area contributed by atoms with Crippen molar-refractivity contribution in [1.29, 1.82) is 0 Å². The molecule has 2 aliphatic heterocycles. The molecule has 0 atom stereocenters. The Morgan fingerprint density at radius 1 is 0.512 bits per heavy atom. The van der Waals surface area contributed by atoms with Gasteiger partial charge in [-0.1, -0.05) is 0 Å². The second kappa shape index (κ2) is 27.8. The fourth-order valence-corrected chi connectivity index (χ4v) is 20.8. The second-order valence-corrected chi connectivity index (χ2v) is 30.5. The molecular formula is C32H54As4O4S2Tc-2. The van der Waals surface area contributed by atoms with Crippen molar-refractivity contribution in [1.82, 2.24) is 0 Å². The summed E-state index contributed by atoms with van der Waals surface area (Å²) in [6.07, 6.45) is 3.75. The predicted molar refractivity (Wildman–Crippen MR) is 196 cm³/mol. The van der Waals surface area contributed by atoms with Crippen molar-refractivity contribution in [2.75, 3.05) is 37.9 Å². The molecule has 247 valence electrons. The summed E-state index contributed by atoms with van der Waals surface area (Å²) in [6, 6.07) is 18.1. The number of benzene rings is 2. The Balaban J connectivity index is 0.000000548. The monoisotopic (exact) mass is 965 g/mol. The SMILES string of the molecule is C[As](C)c1ccccc1[As](C)C.C[As](C)c1ccccc1[As](C)C.[99Tc].[S-]CCC1OCCCO1.[S-]CCC1OCCCO1. The first-order valence-corrected chi connectivity index (χ1v) is 34.5. The van der Waals surface area contributed by atoms with E-state index >= 15 is 0 Å². The number of ether oxygens (including phenoxy) is 4. The van der Waals surface area contributed by atoms with Crippen LogP contribution >= 0.6 is 0 Å². The molecule has 0 spiro atoms. The van der Waals surface area contributed by atoms with Crippen LogP contribution in [0.15, 0.2) is 48.5 Å². The van der Waals surface area contributed by atoms with Crippen molar-refractivity contribution in [3.05, 3.63) is 48.5 Å². The molecule has 43 heavy (non-hydrogen) atoms. The van der Waals surface area contributed by atoms with E-state index in [2.05, 4.69) is 94.2 Å². The minimum Gasteiger partial charge on any atom is -0.792 e. The smallest absolute Gasteiger partial charge is 0.155 e. The molecule has 0 bridgehead atoms. The maximum Gasteiger partial charge on any atom is 0.155 e. The Morgan fingerprint density at radius 2 is 0.744 bits per heavy atom. The molecule has 0 amide bonds. The summed E-state index contributed by atoms with van der Waals surface area (Å²) in [5.74, 6) is 1.45. The van der Waals surface area contributed by atoms with Crippen LogP contribution in [0.2, 0.25) is 45.7 Å². The Bertz CT molecular complexity index is 810. The third kappa shape index (κ3) is 20.1. The summed E-state index contributed by atoms with van der Waals surface area (Å²) in [5, 5.41) is 0. The van der Waals surface area contributed by atoms with E-state index in [-0.39, 0.29) is 32.7 Å². The third-order valence-electron chi connectivity index (χ3n) is 6.19. The minimum atomic E-state index is -0.651. The van der Waals surface area contributed by atoms with Crippen molar-refractivity contribution < 1.29 is 39.1 Å². The molecular weight excluding hydrogens is 911 g/mol. The number of hydrogen-bond acceptors (Lipinski definition) is 6. The van der Waals surface area contributed by atoms with Crippen LogP contribution in [0.25, 0.3) is 0 Å². The van der Waals surface area contributed by atoms with Gasteiger partial charge < -0.3 is 44.2 Å². The van der Waals surface area contributed by atoms with Crippen molar-refractivity contribution in [3.8, 4) is 0 Å². The predicted octanol–water partition coefficient (Wildman–Crippen LogP) is 4.59. The maximum atomic E-state index is 5.23. The van der Waals surface area contributed by atoms with Crippen LogP contribution in [0.1, 0.15) is 25.7 Å². The van der Waals surface area contributed by atoms with Gasteiger partial charge in [0.2, 0.25) is 0 Å². The van der Waals surface area contributed by atoms with E-state index in [9.17, 15) is 0 Å². The van der Waals surface area contributed by atoms with Crippen LogP contribution in [-0.4, -0.2) is 109 Å². The minimum absolute atomic E-state index is 0. The molecule has 2 fully saturated rings. The average molecular weight is 966 g/mol. The molecule has 0 aromatic heterocycles. The molecule has 11 heteroatoms. The quantitative estimate of drug-likeness (QED) is 0.285. The van der Waals surface area contributed by atoms with Gasteiger partial charge in [0, 0.05) is 20.1 Å². The van der Waals surface area contributed by atoms with Crippen molar-refractivity contribution >= 4 is 101 Å². The van der Waals surface area contributed by atoms with Gasteiger partial charge in [0.05, 0.1) is 26.4 Å². The summed E-state index contributed by atoms with van der Waals surface area (Å²) < 4.78 is 27.7. The van der Waals surface area contributed by atoms with Gasteiger partial charge in [-0.05, 0) is 25.7 Å². The van der Waals surface area contributed by atoms with Gasteiger partial charge in [0.15, 0.2) is 12.6 Å². The Morgan fingerprint density at radius 3 is 0.930 bits per heavy atom. The van der Waals surface area contributed by atoms with E-state index in [4.69, 9.17) is 44.2 Å². The van der Waals surface area contributed by atoms with E-state index < -0.39 is 58.6 Å². The summed E-state index contributed by atoms with van der Waals surface area (Å²) in [6.45, 7) is 3.33. The Labute approximate surface area is 307 Å². The van der Waals surface area contributed by atoms with Gasteiger partial charge in [0.25, 0.3) is 0 Å². The first kappa shape index (κ1) is 44.9. The van der Waals surface area contributed by atoms with Crippen LogP contribution < -0.4 is 17.4 Å². The Kier molecular flexibility index (Phi) is 29.0. The van der Waals surface area contributed by atoms with Gasteiger partial charge >= 0.3 is 170 Å². The first-order chi connectivity index (χ1) is 20.1. The molecule has 1 radical (unpaired) electrons. The van der Waals surface area contributed by atoms with Gasteiger partial charge in [-0.2, -0.15) is 11.5 Å². The first-order valence-electron chi connectivity index (χ1n) is 14.6. The second-order valence-electron chi connectivity index (χ2n) is 10.6. The van der Waals surface area contributed by atoms with Crippen LogP contribution in [0.5, 0.6) is 0 Å². The molecule has 2 aliphatic rings. The molecule has 0 unspecified atom stereocenters. The van der Waals surface area contributed by atoms with Crippen LogP contribution in [0, 0.1) is 0 Å². The van der Waals surface area contributed by atoms with Crippen molar-refractivity contribution in [2.45, 2.75) is 84.0 Å². The van der Waals surface area contributed by atoms with E-state index in [0.717, 1.165) is 63.6 Å². The zero-order valence-electron chi connectivity index (χ0n) is 27.5. The zero-order valence-corrected chi connectivity index (χ0v) is 38.5. The summed E-state index contributed by atoms with van der Waals surface area (Å²) in [4.78, 5) is 0. The molecule has 0 N–H and O–H groups in total. The molecule has 0 aliphatic carbocycles. The average Bonchev–Trinajstić information content (AvgIpc) is 2.99. The molecule has 2 heterocycles. The number of rotatable bonds is 8. The molecule has 0 saturated carbocycles. The van der Waals surface area contributed by atoms with Gasteiger partial charge in [-0.15, -0.1) is 0 Å². The molecule has 2 saturated heterocycles. The van der Waals surface area contributed by atoms with Crippen LogP contribution in [0.4, 0.5) is 0 Å². The van der Waals surface area contributed by atoms with E-state index in [1.165, 1.54) is 0 Å². The van der Waals surface area contributed by atoms with Crippen LogP contribution in [0.3, 0.4) is 0 Å². The molecule has 4 nitrogen and oxygen atoms in total. The topological polar surface area (TPSA) is 36.9 Å². The fourth-order valence-electron chi connectivity index (χ4n) is 4.04. The summed E-state index contributed by atoms with van der Waals surface area (Å²) >= 11 is 6.94. The molecule has 2 aromatic rings. The zero-order chi connectivity index (χ0) is 31.3. The third-order valence-corrected chi connectivity index (χ3v) is 19.7. The number of hydrogen-bond donors (Lipinski definition) is 0. The van der Waals surface area contributed by atoms with E-state index in [1.807, 2.05) is 0 Å². The molecule has 4 rings (SSSR count). The van der Waals surface area contributed by atoms with Gasteiger partial charge in [-0.25, -0.2) is 0 Å². The summed E-state index contributed by atoms with van der Waals surface area (Å²) in [5.41, 5.74) is 19.4. The van der Waals surface area contributed by atoms with Crippen molar-refractivity contribution in [2.24, 2.45) is 0 Å². The summed E-state index contributed by atoms with van der Waals surface area (Å²) in [7, 11) is 0. The Hall–Kier alpha value is 1.86. The molecule has 2 aromatic carbocycles. The largest absolute Gasteiger partial charge is 0.792 e. The fraction of sp³-hybridized carbons (Fsp3) is 0.625. The maximum absolute atomic E-state index is 5.23. The van der Waals surface area contributed by atoms with Gasteiger partial charge in [-0.3, -0.25) is 0 Å².